The Kier molecular flexibility index (Phi) is 5.25. The van der Waals surface area contributed by atoms with Gasteiger partial charge in [0.25, 0.3) is 0 Å². The Labute approximate surface area is 176 Å². The van der Waals surface area contributed by atoms with Crippen molar-refractivity contribution in [3.63, 3.8) is 0 Å². The summed E-state index contributed by atoms with van der Waals surface area (Å²) in [6, 6.07) is 19.1. The highest BCUT2D eigenvalue weighted by Crippen LogP contribution is 2.31. The molecule has 0 unspecified atom stereocenters. The number of rotatable bonds is 4. The molecule has 0 fully saturated rings. The van der Waals surface area contributed by atoms with Gasteiger partial charge >= 0.3 is 5.91 Å². The van der Waals surface area contributed by atoms with E-state index in [-0.39, 0.29) is 11.5 Å². The van der Waals surface area contributed by atoms with Gasteiger partial charge in [-0.05, 0) is 47.2 Å². The van der Waals surface area contributed by atoms with Gasteiger partial charge in [0.2, 0.25) is 0 Å². The van der Waals surface area contributed by atoms with Crippen LogP contribution in [0, 0.1) is 0 Å². The Morgan fingerprint density at radius 3 is 2.69 bits per heavy atom. The average molecular weight is 425 g/mol. The quantitative estimate of drug-likeness (QED) is 0.317. The number of carbonyl (C=O) groups is 1. The topological polar surface area (TPSA) is 74.8 Å². The van der Waals surface area contributed by atoms with Crippen LogP contribution in [-0.4, -0.2) is 17.2 Å². The van der Waals surface area contributed by atoms with Crippen molar-refractivity contribution in [1.82, 2.24) is 5.43 Å². The summed E-state index contributed by atoms with van der Waals surface area (Å²) < 4.78 is 5.59. The molecule has 1 heterocycles. The Morgan fingerprint density at radius 2 is 1.86 bits per heavy atom. The molecule has 144 valence electrons. The molecular formula is C22H14Cl2N2O3. The molecular weight excluding hydrogens is 411 g/mol. The molecule has 0 spiro atoms. The van der Waals surface area contributed by atoms with Crippen LogP contribution in [0.2, 0.25) is 10.0 Å². The van der Waals surface area contributed by atoms with Gasteiger partial charge in [-0.3, -0.25) is 4.79 Å². The van der Waals surface area contributed by atoms with Crippen LogP contribution in [0.1, 0.15) is 16.1 Å². The van der Waals surface area contributed by atoms with E-state index >= 15 is 0 Å². The Bertz CT molecular complexity index is 1250. The molecule has 5 nitrogen and oxygen atoms in total. The molecule has 4 aromatic rings. The third-order valence-corrected chi connectivity index (χ3v) is 4.88. The van der Waals surface area contributed by atoms with Crippen molar-refractivity contribution in [2.24, 2.45) is 5.10 Å². The number of hydrogen-bond donors (Lipinski definition) is 2. The van der Waals surface area contributed by atoms with E-state index in [0.717, 1.165) is 10.8 Å². The monoisotopic (exact) mass is 424 g/mol. The predicted molar refractivity (Wildman–Crippen MR) is 115 cm³/mol. The molecule has 3 aromatic carbocycles. The molecule has 1 amide bonds. The highest BCUT2D eigenvalue weighted by molar-refractivity contribution is 6.36. The summed E-state index contributed by atoms with van der Waals surface area (Å²) in [6.45, 7) is 0. The maximum Gasteiger partial charge on any atom is 0.307 e. The van der Waals surface area contributed by atoms with Crippen LogP contribution in [0.25, 0.3) is 22.1 Å². The molecule has 0 aliphatic heterocycles. The Balaban J connectivity index is 1.53. The van der Waals surface area contributed by atoms with Crippen molar-refractivity contribution >= 4 is 46.1 Å². The number of nitrogens with one attached hydrogen (secondary N) is 1. The number of fused-ring (bicyclic) bond motifs is 1. The molecule has 0 atom stereocenters. The summed E-state index contributed by atoms with van der Waals surface area (Å²) in [7, 11) is 0. The van der Waals surface area contributed by atoms with Gasteiger partial charge in [-0.15, -0.1) is 0 Å². The van der Waals surface area contributed by atoms with E-state index in [1.165, 1.54) is 12.3 Å². The first-order chi connectivity index (χ1) is 14.0. The van der Waals surface area contributed by atoms with Crippen molar-refractivity contribution in [2.45, 2.75) is 0 Å². The third-order valence-electron chi connectivity index (χ3n) is 4.33. The van der Waals surface area contributed by atoms with Crippen molar-refractivity contribution in [3.8, 4) is 17.1 Å². The summed E-state index contributed by atoms with van der Waals surface area (Å²) in [5.74, 6) is 0.0504. The number of phenolic OH excluding ortho intramolecular Hbond substituents is 1. The van der Waals surface area contributed by atoms with E-state index in [2.05, 4.69) is 10.5 Å². The molecule has 0 saturated heterocycles. The highest BCUT2D eigenvalue weighted by Gasteiger charge is 2.14. The van der Waals surface area contributed by atoms with Gasteiger partial charge in [-0.1, -0.05) is 53.5 Å². The van der Waals surface area contributed by atoms with Crippen molar-refractivity contribution in [1.29, 1.82) is 0 Å². The lowest BCUT2D eigenvalue weighted by Gasteiger charge is -2.04. The van der Waals surface area contributed by atoms with E-state index in [9.17, 15) is 9.90 Å². The fourth-order valence-corrected chi connectivity index (χ4v) is 3.43. The van der Waals surface area contributed by atoms with Gasteiger partial charge in [0.15, 0.2) is 5.76 Å². The number of aromatic hydroxyl groups is 1. The second kappa shape index (κ2) is 7.99. The summed E-state index contributed by atoms with van der Waals surface area (Å²) in [5.41, 5.74) is 3.53. The number of nitrogens with zero attached hydrogens (tertiary/aromatic N) is 1. The molecule has 0 radical (unpaired) electrons. The summed E-state index contributed by atoms with van der Waals surface area (Å²) in [5, 5.41) is 16.8. The van der Waals surface area contributed by atoms with Gasteiger partial charge in [-0.2, -0.15) is 5.10 Å². The molecule has 0 aliphatic carbocycles. The summed E-state index contributed by atoms with van der Waals surface area (Å²) >= 11 is 12.1. The third kappa shape index (κ3) is 3.97. The lowest BCUT2D eigenvalue weighted by atomic mass is 10.0. The normalized spacial score (nSPS) is 11.2. The standard InChI is InChI=1S/C22H14Cl2N2O3/c23-14-6-7-16(18(24)11-14)20-9-10-21(29-20)22(28)26-25-12-17-15-4-2-1-3-13(15)5-8-19(17)27/h1-12,27H,(H,26,28)/b25-12+. The van der Waals surface area contributed by atoms with Gasteiger partial charge in [-0.25, -0.2) is 5.43 Å². The van der Waals surface area contributed by atoms with Crippen molar-refractivity contribution in [2.75, 3.05) is 0 Å². The van der Waals surface area contributed by atoms with Crippen LogP contribution in [0.3, 0.4) is 0 Å². The molecule has 0 saturated carbocycles. The van der Waals surface area contributed by atoms with Crippen LogP contribution in [0.15, 0.2) is 76.2 Å². The minimum atomic E-state index is -0.530. The first-order valence-corrected chi connectivity index (χ1v) is 9.38. The second-order valence-electron chi connectivity index (χ2n) is 6.21. The molecule has 0 bridgehead atoms. The van der Waals surface area contributed by atoms with E-state index in [0.29, 0.717) is 26.9 Å². The molecule has 0 aliphatic rings. The van der Waals surface area contributed by atoms with Gasteiger partial charge in [0.05, 0.1) is 11.2 Å². The first kappa shape index (κ1) is 19.1. The first-order valence-electron chi connectivity index (χ1n) is 8.62. The molecule has 4 rings (SSSR count). The molecule has 29 heavy (non-hydrogen) atoms. The fourth-order valence-electron chi connectivity index (χ4n) is 2.92. The summed E-state index contributed by atoms with van der Waals surface area (Å²) in [6.07, 6.45) is 1.40. The Morgan fingerprint density at radius 1 is 1.03 bits per heavy atom. The number of hydrazone groups is 1. The lowest BCUT2D eigenvalue weighted by Crippen LogP contribution is -2.16. The second-order valence-corrected chi connectivity index (χ2v) is 7.05. The molecule has 7 heteroatoms. The van der Waals surface area contributed by atoms with Crippen molar-refractivity contribution < 1.29 is 14.3 Å². The highest BCUT2D eigenvalue weighted by atomic mass is 35.5. The van der Waals surface area contributed by atoms with Crippen LogP contribution >= 0.6 is 23.2 Å². The van der Waals surface area contributed by atoms with Crippen LogP contribution in [0.4, 0.5) is 0 Å². The zero-order chi connectivity index (χ0) is 20.4. The van der Waals surface area contributed by atoms with Gasteiger partial charge < -0.3 is 9.52 Å². The maximum absolute atomic E-state index is 12.3. The number of furan rings is 1. The zero-order valence-corrected chi connectivity index (χ0v) is 16.4. The van der Waals surface area contributed by atoms with E-state index in [4.69, 9.17) is 27.6 Å². The minimum absolute atomic E-state index is 0.0689. The number of benzene rings is 3. The van der Waals surface area contributed by atoms with E-state index < -0.39 is 5.91 Å². The predicted octanol–water partition coefficient (Wildman–Crippen LogP) is 5.88. The SMILES string of the molecule is O=C(N/N=C/c1c(O)ccc2ccccc12)c1ccc(-c2ccc(Cl)cc2Cl)o1. The van der Waals surface area contributed by atoms with Gasteiger partial charge in [0.1, 0.15) is 11.5 Å². The fraction of sp³-hybridized carbons (Fsp3) is 0. The van der Waals surface area contributed by atoms with Crippen LogP contribution in [-0.2, 0) is 0 Å². The minimum Gasteiger partial charge on any atom is -0.507 e. The Hall–Kier alpha value is -3.28. The number of phenols is 1. The van der Waals surface area contributed by atoms with Crippen LogP contribution < -0.4 is 5.43 Å². The number of amides is 1. The number of hydrogen-bond acceptors (Lipinski definition) is 4. The smallest absolute Gasteiger partial charge is 0.307 e. The average Bonchev–Trinajstić information content (AvgIpc) is 3.19. The molecule has 2 N–H and O–H groups in total. The largest absolute Gasteiger partial charge is 0.507 e. The zero-order valence-electron chi connectivity index (χ0n) is 14.9. The molecule has 1 aromatic heterocycles. The van der Waals surface area contributed by atoms with Crippen LogP contribution in [0.5, 0.6) is 5.75 Å². The van der Waals surface area contributed by atoms with E-state index in [1.54, 1.807) is 30.3 Å². The van der Waals surface area contributed by atoms with Gasteiger partial charge in [0, 0.05) is 16.1 Å². The maximum atomic E-state index is 12.3. The number of halogens is 2. The number of carbonyl (C=O) groups excluding carboxylic acids is 1. The van der Waals surface area contributed by atoms with E-state index in [1.807, 2.05) is 30.3 Å². The summed E-state index contributed by atoms with van der Waals surface area (Å²) in [4.78, 5) is 12.3. The lowest BCUT2D eigenvalue weighted by molar-refractivity contribution is 0.0928. The van der Waals surface area contributed by atoms with Crippen molar-refractivity contribution in [3.05, 3.63) is 88.1 Å².